The quantitative estimate of drug-likeness (QED) is 0.411. The third-order valence-corrected chi connectivity index (χ3v) is 5.63. The monoisotopic (exact) mass is 432 g/mol. The Labute approximate surface area is 179 Å². The van der Waals surface area contributed by atoms with Crippen LogP contribution in [0.5, 0.6) is 5.75 Å². The number of ketones is 1. The lowest BCUT2D eigenvalue weighted by Crippen LogP contribution is -2.35. The molecule has 1 fully saturated rings. The Balaban J connectivity index is 2.06. The van der Waals surface area contributed by atoms with Gasteiger partial charge in [-0.2, -0.15) is 0 Å². The van der Waals surface area contributed by atoms with Gasteiger partial charge in [-0.25, -0.2) is 4.39 Å². The van der Waals surface area contributed by atoms with E-state index in [2.05, 4.69) is 0 Å². The molecule has 1 aliphatic heterocycles. The number of thiophene rings is 1. The molecule has 1 amide bonds. The van der Waals surface area contributed by atoms with Gasteiger partial charge in [0.05, 0.1) is 17.7 Å². The molecule has 1 aromatic heterocycles. The second-order valence-corrected chi connectivity index (χ2v) is 8.60. The van der Waals surface area contributed by atoms with Gasteiger partial charge < -0.3 is 19.6 Å². The molecule has 0 aliphatic carbocycles. The van der Waals surface area contributed by atoms with E-state index < -0.39 is 29.3 Å². The number of benzene rings is 1. The Kier molecular flexibility index (Phi) is 6.58. The van der Waals surface area contributed by atoms with E-state index in [1.807, 2.05) is 36.5 Å². The number of aliphatic hydroxyl groups is 1. The number of nitrogens with zero attached hydrogens (tertiary/aromatic N) is 2. The Morgan fingerprint density at radius 3 is 2.60 bits per heavy atom. The third kappa shape index (κ3) is 4.39. The molecule has 0 unspecified atom stereocenters. The highest BCUT2D eigenvalue weighted by molar-refractivity contribution is 7.10. The predicted octanol–water partition coefficient (Wildman–Crippen LogP) is 3.66. The summed E-state index contributed by atoms with van der Waals surface area (Å²) < 4.78 is 19.9. The van der Waals surface area contributed by atoms with Gasteiger partial charge in [0.1, 0.15) is 5.76 Å². The average Bonchev–Trinajstić information content (AvgIpc) is 3.28. The van der Waals surface area contributed by atoms with Crippen LogP contribution >= 0.6 is 11.3 Å². The van der Waals surface area contributed by atoms with Crippen LogP contribution in [0.3, 0.4) is 0 Å². The van der Waals surface area contributed by atoms with Crippen LogP contribution in [-0.2, 0) is 9.59 Å². The normalized spacial score (nSPS) is 18.6. The van der Waals surface area contributed by atoms with E-state index in [9.17, 15) is 19.1 Å². The van der Waals surface area contributed by atoms with Crippen LogP contribution in [0.15, 0.2) is 41.3 Å². The van der Waals surface area contributed by atoms with Crippen LogP contribution in [0, 0.1) is 5.82 Å². The predicted molar refractivity (Wildman–Crippen MR) is 114 cm³/mol. The van der Waals surface area contributed by atoms with Crippen molar-refractivity contribution in [3.8, 4) is 5.75 Å². The summed E-state index contributed by atoms with van der Waals surface area (Å²) in [5.74, 6) is -2.43. The second-order valence-electron chi connectivity index (χ2n) is 7.62. The molecule has 1 saturated heterocycles. The Hall–Kier alpha value is -2.71. The number of Topliss-reactive ketones (excluding diaryl/α,β-unsaturated/α-hetero) is 1. The number of rotatable bonds is 7. The largest absolute Gasteiger partial charge is 0.507 e. The third-order valence-electron chi connectivity index (χ3n) is 4.71. The van der Waals surface area contributed by atoms with Gasteiger partial charge in [-0.3, -0.25) is 9.59 Å². The van der Waals surface area contributed by atoms with E-state index in [1.165, 1.54) is 28.4 Å². The minimum atomic E-state index is -0.771. The molecule has 3 rings (SSSR count). The first kappa shape index (κ1) is 22.0. The van der Waals surface area contributed by atoms with E-state index in [1.54, 1.807) is 13.8 Å². The SMILES string of the molecule is CC(C)Oc1ccc(/C(O)=C2\C(=O)C(=O)N(CCN(C)C)[C@H]2c2cccs2)cc1F. The minimum absolute atomic E-state index is 0.0295. The first-order chi connectivity index (χ1) is 14.2. The van der Waals surface area contributed by atoms with Crippen LogP contribution in [0.25, 0.3) is 5.76 Å². The van der Waals surface area contributed by atoms with Crippen molar-refractivity contribution in [2.75, 3.05) is 27.2 Å². The van der Waals surface area contributed by atoms with Gasteiger partial charge in [0.25, 0.3) is 11.7 Å². The lowest BCUT2D eigenvalue weighted by atomic mass is 9.99. The second kappa shape index (κ2) is 8.97. The molecule has 1 atom stereocenters. The van der Waals surface area contributed by atoms with Crippen LogP contribution < -0.4 is 4.74 Å². The van der Waals surface area contributed by atoms with Crippen molar-refractivity contribution in [2.45, 2.75) is 26.0 Å². The molecule has 8 heteroatoms. The van der Waals surface area contributed by atoms with Crippen LogP contribution in [0.1, 0.15) is 30.3 Å². The van der Waals surface area contributed by atoms with Crippen molar-refractivity contribution in [3.63, 3.8) is 0 Å². The lowest BCUT2D eigenvalue weighted by Gasteiger charge is -2.25. The van der Waals surface area contributed by atoms with E-state index in [4.69, 9.17) is 4.74 Å². The molecule has 1 aliphatic rings. The topological polar surface area (TPSA) is 70.1 Å². The van der Waals surface area contributed by atoms with E-state index in [0.717, 1.165) is 10.9 Å². The number of halogens is 1. The molecule has 0 spiro atoms. The van der Waals surface area contributed by atoms with Gasteiger partial charge in [0.2, 0.25) is 0 Å². The fraction of sp³-hybridized carbons (Fsp3) is 0.364. The van der Waals surface area contributed by atoms with Gasteiger partial charge in [-0.15, -0.1) is 11.3 Å². The van der Waals surface area contributed by atoms with Gasteiger partial charge in [-0.05, 0) is 57.6 Å². The molecule has 0 saturated carbocycles. The molecule has 1 N–H and O–H groups in total. The van der Waals surface area contributed by atoms with Gasteiger partial charge >= 0.3 is 0 Å². The maximum atomic E-state index is 14.5. The fourth-order valence-electron chi connectivity index (χ4n) is 3.31. The van der Waals surface area contributed by atoms with Crippen molar-refractivity contribution in [1.82, 2.24) is 9.80 Å². The molecular formula is C22H25FN2O4S. The summed E-state index contributed by atoms with van der Waals surface area (Å²) in [7, 11) is 3.75. The Morgan fingerprint density at radius 1 is 1.30 bits per heavy atom. The highest BCUT2D eigenvalue weighted by Gasteiger charge is 2.46. The number of likely N-dealkylation sites (tertiary alicyclic amines) is 1. The van der Waals surface area contributed by atoms with Crippen molar-refractivity contribution < 1.29 is 23.8 Å². The summed E-state index contributed by atoms with van der Waals surface area (Å²) in [6, 6.07) is 6.94. The van der Waals surface area contributed by atoms with Crippen LogP contribution in [-0.4, -0.2) is 59.9 Å². The molecule has 30 heavy (non-hydrogen) atoms. The Morgan fingerprint density at radius 2 is 2.03 bits per heavy atom. The smallest absolute Gasteiger partial charge is 0.295 e. The number of carbonyl (C=O) groups excluding carboxylic acids is 2. The molecule has 2 aromatic rings. The zero-order valence-corrected chi connectivity index (χ0v) is 18.2. The number of aliphatic hydroxyl groups excluding tert-OH is 1. The summed E-state index contributed by atoms with van der Waals surface area (Å²) >= 11 is 1.39. The van der Waals surface area contributed by atoms with Gasteiger partial charge in [0, 0.05) is 23.5 Å². The zero-order valence-electron chi connectivity index (χ0n) is 17.4. The van der Waals surface area contributed by atoms with E-state index in [0.29, 0.717) is 13.1 Å². The zero-order chi connectivity index (χ0) is 22.0. The molecule has 6 nitrogen and oxygen atoms in total. The molecular weight excluding hydrogens is 407 g/mol. The molecule has 0 bridgehead atoms. The molecule has 0 radical (unpaired) electrons. The van der Waals surface area contributed by atoms with Gasteiger partial charge in [-0.1, -0.05) is 6.07 Å². The summed E-state index contributed by atoms with van der Waals surface area (Å²) in [6.07, 6.45) is -0.209. The summed E-state index contributed by atoms with van der Waals surface area (Å²) in [5, 5.41) is 12.8. The summed E-state index contributed by atoms with van der Waals surface area (Å²) in [4.78, 5) is 29.7. The van der Waals surface area contributed by atoms with Crippen molar-refractivity contribution in [1.29, 1.82) is 0 Å². The highest BCUT2D eigenvalue weighted by Crippen LogP contribution is 2.41. The average molecular weight is 433 g/mol. The van der Waals surface area contributed by atoms with Crippen LogP contribution in [0.4, 0.5) is 4.39 Å². The Bertz CT molecular complexity index is 970. The standard InChI is InChI=1S/C22H25FN2O4S/c1-13(2)29-16-8-7-14(12-15(16)23)20(26)18-19(17-6-5-11-30-17)25(10-9-24(3)4)22(28)21(18)27/h5-8,11-13,19,26H,9-10H2,1-4H3/b20-18+/t19-/m0/s1. The maximum Gasteiger partial charge on any atom is 0.295 e. The first-order valence-electron chi connectivity index (χ1n) is 9.63. The maximum absolute atomic E-state index is 14.5. The number of hydrogen-bond donors (Lipinski definition) is 1. The number of ether oxygens (including phenoxy) is 1. The fourth-order valence-corrected chi connectivity index (χ4v) is 4.16. The number of likely N-dealkylation sites (N-methyl/N-ethyl adjacent to an activating group) is 1. The lowest BCUT2D eigenvalue weighted by molar-refractivity contribution is -0.140. The van der Waals surface area contributed by atoms with Crippen molar-refractivity contribution >= 4 is 28.8 Å². The number of carbonyl (C=O) groups is 2. The number of hydrogen-bond acceptors (Lipinski definition) is 6. The van der Waals surface area contributed by atoms with Crippen molar-refractivity contribution in [3.05, 3.63) is 57.5 Å². The summed E-state index contributed by atoms with van der Waals surface area (Å²) in [6.45, 7) is 4.45. The first-order valence-corrected chi connectivity index (χ1v) is 10.5. The number of amides is 1. The molecule has 2 heterocycles. The minimum Gasteiger partial charge on any atom is -0.507 e. The van der Waals surface area contributed by atoms with Crippen LogP contribution in [0.2, 0.25) is 0 Å². The highest BCUT2D eigenvalue weighted by atomic mass is 32.1. The molecule has 160 valence electrons. The van der Waals surface area contributed by atoms with E-state index >= 15 is 0 Å². The van der Waals surface area contributed by atoms with E-state index in [-0.39, 0.29) is 23.0 Å². The van der Waals surface area contributed by atoms with Crippen molar-refractivity contribution in [2.24, 2.45) is 0 Å². The molecule has 1 aromatic carbocycles. The van der Waals surface area contributed by atoms with Gasteiger partial charge in [0.15, 0.2) is 11.6 Å². The summed E-state index contributed by atoms with van der Waals surface area (Å²) in [5.41, 5.74) is 0.0916.